The first-order chi connectivity index (χ1) is 8.71. The van der Waals surface area contributed by atoms with Crippen LogP contribution in [-0.4, -0.2) is 29.1 Å². The van der Waals surface area contributed by atoms with Crippen molar-refractivity contribution in [2.24, 2.45) is 0 Å². The largest absolute Gasteiger partial charge is 0.467 e. The molecule has 1 aromatic carbocycles. The lowest BCUT2D eigenvalue weighted by Crippen LogP contribution is -2.05. The van der Waals surface area contributed by atoms with Crippen LogP contribution in [0.4, 0.5) is 22.0 Å². The van der Waals surface area contributed by atoms with Gasteiger partial charge in [-0.05, 0) is 24.3 Å². The molecular formula is C11H12FN5O. The quantitative estimate of drug-likeness (QED) is 0.861. The molecule has 0 saturated heterocycles. The summed E-state index contributed by atoms with van der Waals surface area (Å²) >= 11 is 0. The minimum atomic E-state index is -0.301. The fraction of sp³-hybridized carbons (Fsp3) is 0.182. The summed E-state index contributed by atoms with van der Waals surface area (Å²) in [6.45, 7) is 0. The molecule has 2 N–H and O–H groups in total. The lowest BCUT2D eigenvalue weighted by molar-refractivity contribution is 0.379. The lowest BCUT2D eigenvalue weighted by Gasteiger charge is -2.07. The van der Waals surface area contributed by atoms with E-state index >= 15 is 0 Å². The summed E-state index contributed by atoms with van der Waals surface area (Å²) in [6, 6.07) is 6.06. The molecule has 6 nitrogen and oxygen atoms in total. The normalized spacial score (nSPS) is 9.94. The van der Waals surface area contributed by atoms with E-state index in [0.717, 1.165) is 0 Å². The smallest absolute Gasteiger partial charge is 0.322 e. The molecule has 0 aliphatic heterocycles. The summed E-state index contributed by atoms with van der Waals surface area (Å²) in [5.74, 6) is 0.397. The molecule has 1 aromatic heterocycles. The third-order valence-corrected chi connectivity index (χ3v) is 2.12. The highest BCUT2D eigenvalue weighted by Gasteiger charge is 2.05. The number of nitrogens with zero attached hydrogens (tertiary/aromatic N) is 3. The predicted octanol–water partition coefficient (Wildman–Crippen LogP) is 1.80. The number of anilines is 3. The maximum atomic E-state index is 12.8. The third-order valence-electron chi connectivity index (χ3n) is 2.12. The SMILES string of the molecule is CNc1nc(Nc2ccc(F)cc2)nc(OC)n1. The first kappa shape index (κ1) is 12.0. The van der Waals surface area contributed by atoms with E-state index in [9.17, 15) is 4.39 Å². The molecule has 1 heterocycles. The van der Waals surface area contributed by atoms with Crippen LogP contribution in [0.15, 0.2) is 24.3 Å². The van der Waals surface area contributed by atoms with E-state index in [1.807, 2.05) is 0 Å². The number of ether oxygens (including phenoxy) is 1. The second-order valence-corrected chi connectivity index (χ2v) is 3.35. The zero-order valence-electron chi connectivity index (χ0n) is 9.94. The predicted molar refractivity (Wildman–Crippen MR) is 65.6 cm³/mol. The Hall–Kier alpha value is -2.44. The van der Waals surface area contributed by atoms with Crippen molar-refractivity contribution in [2.45, 2.75) is 0 Å². The van der Waals surface area contributed by atoms with Gasteiger partial charge < -0.3 is 15.4 Å². The number of aromatic nitrogens is 3. The molecule has 2 rings (SSSR count). The van der Waals surface area contributed by atoms with Crippen LogP contribution in [0.25, 0.3) is 0 Å². The molecule has 2 aromatic rings. The summed E-state index contributed by atoms with van der Waals surface area (Å²) in [5.41, 5.74) is 0.673. The second-order valence-electron chi connectivity index (χ2n) is 3.35. The molecule has 0 unspecified atom stereocenters. The van der Waals surface area contributed by atoms with Gasteiger partial charge in [-0.3, -0.25) is 0 Å². The lowest BCUT2D eigenvalue weighted by atomic mass is 10.3. The molecule has 0 spiro atoms. The van der Waals surface area contributed by atoms with Gasteiger partial charge in [0.25, 0.3) is 0 Å². The Labute approximate surface area is 103 Å². The minimum Gasteiger partial charge on any atom is -0.467 e. The van der Waals surface area contributed by atoms with E-state index in [1.165, 1.54) is 19.2 Å². The Balaban J connectivity index is 2.25. The highest BCUT2D eigenvalue weighted by molar-refractivity contribution is 5.54. The van der Waals surface area contributed by atoms with Crippen molar-refractivity contribution in [2.75, 3.05) is 24.8 Å². The van der Waals surface area contributed by atoms with E-state index in [0.29, 0.717) is 17.6 Å². The van der Waals surface area contributed by atoms with Gasteiger partial charge >= 0.3 is 6.01 Å². The van der Waals surface area contributed by atoms with Crippen LogP contribution >= 0.6 is 0 Å². The minimum absolute atomic E-state index is 0.193. The molecule has 94 valence electrons. The molecular weight excluding hydrogens is 237 g/mol. The molecule has 0 aliphatic carbocycles. The van der Waals surface area contributed by atoms with Crippen LogP contribution in [0.5, 0.6) is 6.01 Å². The summed E-state index contributed by atoms with van der Waals surface area (Å²) < 4.78 is 17.7. The maximum Gasteiger partial charge on any atom is 0.322 e. The average molecular weight is 249 g/mol. The number of nitrogens with one attached hydrogen (secondary N) is 2. The van der Waals surface area contributed by atoms with Crippen molar-refractivity contribution in [1.82, 2.24) is 15.0 Å². The number of hydrogen-bond acceptors (Lipinski definition) is 6. The van der Waals surface area contributed by atoms with Crippen molar-refractivity contribution >= 4 is 17.6 Å². The second kappa shape index (κ2) is 5.26. The van der Waals surface area contributed by atoms with E-state index in [4.69, 9.17) is 4.74 Å². The summed E-state index contributed by atoms with van der Waals surface area (Å²) in [6.07, 6.45) is 0. The first-order valence-corrected chi connectivity index (χ1v) is 5.21. The Morgan fingerprint density at radius 2 is 1.72 bits per heavy atom. The Bertz CT molecular complexity index is 509. The standard InChI is InChI=1S/C11H12FN5O/c1-13-9-15-10(17-11(16-9)18-2)14-8-5-3-7(12)4-6-8/h3-6H,1-2H3,(H2,13,14,15,16,17). The van der Waals surface area contributed by atoms with Gasteiger partial charge in [0.2, 0.25) is 11.9 Å². The van der Waals surface area contributed by atoms with Crippen molar-refractivity contribution in [3.8, 4) is 6.01 Å². The van der Waals surface area contributed by atoms with Crippen LogP contribution in [0, 0.1) is 5.82 Å². The molecule has 0 radical (unpaired) electrons. The van der Waals surface area contributed by atoms with E-state index in [1.54, 1.807) is 19.2 Å². The van der Waals surface area contributed by atoms with Crippen molar-refractivity contribution in [1.29, 1.82) is 0 Å². The number of methoxy groups -OCH3 is 1. The Kier molecular flexibility index (Phi) is 3.52. The maximum absolute atomic E-state index is 12.8. The fourth-order valence-electron chi connectivity index (χ4n) is 1.28. The Morgan fingerprint density at radius 1 is 1.06 bits per heavy atom. The molecule has 18 heavy (non-hydrogen) atoms. The molecule has 0 saturated carbocycles. The van der Waals surface area contributed by atoms with Gasteiger partial charge in [-0.15, -0.1) is 0 Å². The van der Waals surface area contributed by atoms with Crippen LogP contribution in [0.2, 0.25) is 0 Å². The molecule has 7 heteroatoms. The molecule has 0 aliphatic rings. The Morgan fingerprint density at radius 3 is 2.33 bits per heavy atom. The summed E-state index contributed by atoms with van der Waals surface area (Å²) in [5, 5.41) is 5.73. The van der Waals surface area contributed by atoms with Gasteiger partial charge in [0.05, 0.1) is 7.11 Å². The molecule has 0 amide bonds. The number of benzene rings is 1. The van der Waals surface area contributed by atoms with Gasteiger partial charge in [0, 0.05) is 12.7 Å². The van der Waals surface area contributed by atoms with Crippen molar-refractivity contribution < 1.29 is 9.13 Å². The van der Waals surface area contributed by atoms with Crippen LogP contribution < -0.4 is 15.4 Å². The van der Waals surface area contributed by atoms with E-state index in [2.05, 4.69) is 25.6 Å². The topological polar surface area (TPSA) is 72.0 Å². The summed E-state index contributed by atoms with van der Waals surface area (Å²) in [4.78, 5) is 12.1. The zero-order chi connectivity index (χ0) is 13.0. The van der Waals surface area contributed by atoms with Crippen molar-refractivity contribution in [3.63, 3.8) is 0 Å². The van der Waals surface area contributed by atoms with E-state index < -0.39 is 0 Å². The average Bonchev–Trinajstić information content (AvgIpc) is 2.41. The van der Waals surface area contributed by atoms with Crippen LogP contribution in [0.3, 0.4) is 0 Å². The zero-order valence-corrected chi connectivity index (χ0v) is 9.94. The van der Waals surface area contributed by atoms with Crippen molar-refractivity contribution in [3.05, 3.63) is 30.1 Å². The van der Waals surface area contributed by atoms with Gasteiger partial charge in [-0.25, -0.2) is 4.39 Å². The highest BCUT2D eigenvalue weighted by Crippen LogP contribution is 2.16. The highest BCUT2D eigenvalue weighted by atomic mass is 19.1. The molecule has 0 atom stereocenters. The first-order valence-electron chi connectivity index (χ1n) is 5.21. The molecule has 0 fully saturated rings. The fourth-order valence-corrected chi connectivity index (χ4v) is 1.28. The third kappa shape index (κ3) is 2.82. The number of rotatable bonds is 4. The van der Waals surface area contributed by atoms with Gasteiger partial charge in [-0.1, -0.05) is 0 Å². The van der Waals surface area contributed by atoms with Crippen LogP contribution in [-0.2, 0) is 0 Å². The monoisotopic (exact) mass is 249 g/mol. The number of hydrogen-bond donors (Lipinski definition) is 2. The van der Waals surface area contributed by atoms with E-state index in [-0.39, 0.29) is 11.8 Å². The van der Waals surface area contributed by atoms with Crippen LogP contribution in [0.1, 0.15) is 0 Å². The summed E-state index contributed by atoms with van der Waals surface area (Å²) in [7, 11) is 3.16. The van der Waals surface area contributed by atoms with Gasteiger partial charge in [-0.2, -0.15) is 15.0 Å². The molecule has 0 bridgehead atoms. The van der Waals surface area contributed by atoms with Gasteiger partial charge in [0.1, 0.15) is 5.82 Å². The number of halogens is 1. The van der Waals surface area contributed by atoms with Gasteiger partial charge in [0.15, 0.2) is 0 Å².